The number of fused-ring (bicyclic) bond motifs is 2. The van der Waals surface area contributed by atoms with Crippen LogP contribution in [0.5, 0.6) is 17.2 Å². The number of methoxy groups -OCH3 is 1. The van der Waals surface area contributed by atoms with Crippen LogP contribution in [0.4, 0.5) is 5.69 Å². The molecule has 2 aliphatic carbocycles. The van der Waals surface area contributed by atoms with Crippen LogP contribution < -0.4 is 14.8 Å². The summed E-state index contributed by atoms with van der Waals surface area (Å²) in [7, 11) is 1.68. The third-order valence-corrected chi connectivity index (χ3v) is 5.44. The number of ether oxygens (including phenoxy) is 2. The SMILES string of the molecule is COc1cc2c(NCC3CC3)c3c(nc2cc1Oc1ccncc1)CCC3. The molecule has 2 aromatic heterocycles. The minimum absolute atomic E-state index is 0.676. The minimum atomic E-state index is 0.676. The first-order chi connectivity index (χ1) is 13.3. The summed E-state index contributed by atoms with van der Waals surface area (Å²) < 4.78 is 11.7. The average Bonchev–Trinajstić information content (AvgIpc) is 3.41. The van der Waals surface area contributed by atoms with Gasteiger partial charge in [-0.05, 0) is 61.8 Å². The molecular formula is C22H23N3O2. The molecule has 0 amide bonds. The van der Waals surface area contributed by atoms with Gasteiger partial charge < -0.3 is 14.8 Å². The van der Waals surface area contributed by atoms with E-state index in [0.717, 1.165) is 42.0 Å². The summed E-state index contributed by atoms with van der Waals surface area (Å²) in [6.45, 7) is 1.04. The first-order valence-corrected chi connectivity index (χ1v) is 9.67. The highest BCUT2D eigenvalue weighted by Crippen LogP contribution is 2.41. The lowest BCUT2D eigenvalue weighted by molar-refractivity contribution is 0.379. The second-order valence-corrected chi connectivity index (χ2v) is 7.40. The van der Waals surface area contributed by atoms with Gasteiger partial charge in [0.05, 0.1) is 12.6 Å². The summed E-state index contributed by atoms with van der Waals surface area (Å²) in [5.41, 5.74) is 4.81. The van der Waals surface area contributed by atoms with Gasteiger partial charge in [0.15, 0.2) is 11.5 Å². The monoisotopic (exact) mass is 361 g/mol. The molecule has 2 heterocycles. The molecule has 2 aliphatic rings. The molecule has 0 radical (unpaired) electrons. The summed E-state index contributed by atoms with van der Waals surface area (Å²) in [4.78, 5) is 8.99. The number of pyridine rings is 2. The number of nitrogens with zero attached hydrogens (tertiary/aromatic N) is 2. The van der Waals surface area contributed by atoms with Gasteiger partial charge in [-0.15, -0.1) is 0 Å². The normalized spacial score (nSPS) is 15.6. The van der Waals surface area contributed by atoms with Crippen molar-refractivity contribution in [2.24, 2.45) is 5.92 Å². The maximum absolute atomic E-state index is 6.05. The lowest BCUT2D eigenvalue weighted by atomic mass is 10.1. The number of hydrogen-bond donors (Lipinski definition) is 1. The maximum atomic E-state index is 6.05. The van der Waals surface area contributed by atoms with Crippen LogP contribution in [0.15, 0.2) is 36.7 Å². The van der Waals surface area contributed by atoms with Crippen LogP contribution in [-0.2, 0) is 12.8 Å². The molecule has 3 aromatic rings. The molecule has 1 saturated carbocycles. The Labute approximate surface area is 158 Å². The van der Waals surface area contributed by atoms with Crippen molar-refractivity contribution in [3.63, 3.8) is 0 Å². The van der Waals surface area contributed by atoms with E-state index in [-0.39, 0.29) is 0 Å². The van der Waals surface area contributed by atoms with Gasteiger partial charge in [-0.2, -0.15) is 0 Å². The van der Waals surface area contributed by atoms with Gasteiger partial charge in [-0.1, -0.05) is 0 Å². The van der Waals surface area contributed by atoms with Crippen molar-refractivity contribution in [1.29, 1.82) is 0 Å². The smallest absolute Gasteiger partial charge is 0.171 e. The Morgan fingerprint density at radius 2 is 1.96 bits per heavy atom. The summed E-state index contributed by atoms with van der Waals surface area (Å²) in [6, 6.07) is 7.73. The largest absolute Gasteiger partial charge is 0.493 e. The molecule has 1 N–H and O–H groups in total. The predicted molar refractivity (Wildman–Crippen MR) is 106 cm³/mol. The Bertz CT molecular complexity index is 984. The standard InChI is InChI=1S/C22H23N3O2/c1-26-20-11-17-19(12-21(20)27-15-7-9-23-10-8-15)25-18-4-2-3-16(18)22(17)24-13-14-5-6-14/h7-12,14H,2-6,13H2,1H3,(H,24,25). The Balaban J connectivity index is 1.60. The van der Waals surface area contributed by atoms with E-state index in [9.17, 15) is 0 Å². The Morgan fingerprint density at radius 1 is 1.11 bits per heavy atom. The number of rotatable bonds is 6. The van der Waals surface area contributed by atoms with Crippen LogP contribution >= 0.6 is 0 Å². The third kappa shape index (κ3) is 3.18. The van der Waals surface area contributed by atoms with Gasteiger partial charge in [-0.25, -0.2) is 0 Å². The first kappa shape index (κ1) is 16.4. The van der Waals surface area contributed by atoms with Crippen molar-refractivity contribution in [2.75, 3.05) is 19.0 Å². The summed E-state index contributed by atoms with van der Waals surface area (Å²) in [5, 5.41) is 4.85. The molecule has 0 atom stereocenters. The quantitative estimate of drug-likeness (QED) is 0.687. The topological polar surface area (TPSA) is 56.3 Å². The molecular weight excluding hydrogens is 338 g/mol. The number of benzene rings is 1. The summed E-state index contributed by atoms with van der Waals surface area (Å²) >= 11 is 0. The van der Waals surface area contributed by atoms with Crippen molar-refractivity contribution in [2.45, 2.75) is 32.1 Å². The van der Waals surface area contributed by atoms with E-state index in [0.29, 0.717) is 11.5 Å². The molecule has 0 aliphatic heterocycles. The van der Waals surface area contributed by atoms with Crippen LogP contribution in [0.1, 0.15) is 30.5 Å². The fourth-order valence-corrected chi connectivity index (χ4v) is 3.81. The highest BCUT2D eigenvalue weighted by atomic mass is 16.5. The highest BCUT2D eigenvalue weighted by Gasteiger charge is 2.25. The molecule has 0 bridgehead atoms. The van der Waals surface area contributed by atoms with Gasteiger partial charge in [0.1, 0.15) is 5.75 Å². The van der Waals surface area contributed by atoms with Crippen LogP contribution in [0.3, 0.4) is 0 Å². The molecule has 27 heavy (non-hydrogen) atoms. The number of anilines is 1. The molecule has 0 saturated heterocycles. The van der Waals surface area contributed by atoms with Gasteiger partial charge in [0.25, 0.3) is 0 Å². The highest BCUT2D eigenvalue weighted by molar-refractivity contribution is 5.96. The molecule has 5 nitrogen and oxygen atoms in total. The second-order valence-electron chi connectivity index (χ2n) is 7.40. The van der Waals surface area contributed by atoms with E-state index in [4.69, 9.17) is 14.5 Å². The summed E-state index contributed by atoms with van der Waals surface area (Å²) in [6.07, 6.45) is 9.44. The van der Waals surface area contributed by atoms with Crippen molar-refractivity contribution >= 4 is 16.6 Å². The van der Waals surface area contributed by atoms with Crippen molar-refractivity contribution in [3.8, 4) is 17.2 Å². The molecule has 1 aromatic carbocycles. The fourth-order valence-electron chi connectivity index (χ4n) is 3.81. The number of aryl methyl sites for hydroxylation is 1. The molecule has 5 rings (SSSR count). The second kappa shape index (κ2) is 6.72. The third-order valence-electron chi connectivity index (χ3n) is 5.44. The van der Waals surface area contributed by atoms with Crippen LogP contribution in [0, 0.1) is 5.92 Å². The molecule has 1 fully saturated rings. The zero-order chi connectivity index (χ0) is 18.2. The first-order valence-electron chi connectivity index (χ1n) is 9.67. The summed E-state index contributed by atoms with van der Waals surface area (Å²) in [5.74, 6) is 2.95. The predicted octanol–water partition coefficient (Wildman–Crippen LogP) is 4.74. The molecule has 138 valence electrons. The Kier molecular flexibility index (Phi) is 4.07. The zero-order valence-corrected chi connectivity index (χ0v) is 15.5. The van der Waals surface area contributed by atoms with E-state index in [1.54, 1.807) is 19.5 Å². The molecule has 0 spiro atoms. The van der Waals surface area contributed by atoms with Crippen molar-refractivity contribution in [1.82, 2.24) is 9.97 Å². The molecule has 5 heteroatoms. The number of hydrogen-bond acceptors (Lipinski definition) is 5. The maximum Gasteiger partial charge on any atom is 0.171 e. The van der Waals surface area contributed by atoms with Gasteiger partial charge >= 0.3 is 0 Å². The lowest BCUT2D eigenvalue weighted by Crippen LogP contribution is -2.07. The van der Waals surface area contributed by atoms with Crippen LogP contribution in [0.2, 0.25) is 0 Å². The van der Waals surface area contributed by atoms with E-state index in [1.807, 2.05) is 18.2 Å². The van der Waals surface area contributed by atoms with Crippen molar-refractivity contribution < 1.29 is 9.47 Å². The van der Waals surface area contributed by atoms with Crippen molar-refractivity contribution in [3.05, 3.63) is 47.9 Å². The van der Waals surface area contributed by atoms with E-state index in [1.165, 1.54) is 36.2 Å². The van der Waals surface area contributed by atoms with Crippen LogP contribution in [0.25, 0.3) is 10.9 Å². The Hall–Kier alpha value is -2.82. The number of aromatic nitrogens is 2. The van der Waals surface area contributed by atoms with Gasteiger partial charge in [0, 0.05) is 41.8 Å². The van der Waals surface area contributed by atoms with E-state index >= 15 is 0 Å². The van der Waals surface area contributed by atoms with E-state index < -0.39 is 0 Å². The minimum Gasteiger partial charge on any atom is -0.493 e. The Morgan fingerprint density at radius 3 is 2.74 bits per heavy atom. The van der Waals surface area contributed by atoms with Gasteiger partial charge in [0.2, 0.25) is 0 Å². The zero-order valence-electron chi connectivity index (χ0n) is 15.5. The van der Waals surface area contributed by atoms with E-state index in [2.05, 4.69) is 16.4 Å². The van der Waals surface area contributed by atoms with Crippen LogP contribution in [-0.4, -0.2) is 23.6 Å². The molecule has 0 unspecified atom stereocenters. The average molecular weight is 361 g/mol. The number of nitrogens with one attached hydrogen (secondary N) is 1. The lowest BCUT2D eigenvalue weighted by Gasteiger charge is -2.17. The van der Waals surface area contributed by atoms with Gasteiger partial charge in [-0.3, -0.25) is 9.97 Å². The fraction of sp³-hybridized carbons (Fsp3) is 0.364.